The van der Waals surface area contributed by atoms with E-state index in [2.05, 4.69) is 37.0 Å². The number of hydrogen-bond acceptors (Lipinski definition) is 2. The van der Waals surface area contributed by atoms with Gasteiger partial charge in [-0.15, -0.1) is 0 Å². The molecule has 2 rings (SSSR count). The number of ether oxygens (including phenoxy) is 1. The molecule has 3 nitrogen and oxygen atoms in total. The molecule has 0 amide bonds. The third-order valence-electron chi connectivity index (χ3n) is 1.99. The van der Waals surface area contributed by atoms with Gasteiger partial charge in [0.25, 0.3) is 0 Å². The molecule has 0 aliphatic carbocycles. The second-order valence-corrected chi connectivity index (χ2v) is 4.94. The Kier molecular flexibility index (Phi) is 4.01. The van der Waals surface area contributed by atoms with Crippen molar-refractivity contribution in [2.75, 3.05) is 6.61 Å². The first-order valence-corrected chi connectivity index (χ1v) is 6.40. The van der Waals surface area contributed by atoms with Crippen LogP contribution in [0, 0.1) is 0 Å². The molecule has 0 saturated carbocycles. The van der Waals surface area contributed by atoms with Crippen molar-refractivity contribution in [1.29, 1.82) is 0 Å². The zero-order valence-corrected chi connectivity index (χ0v) is 11.6. The van der Waals surface area contributed by atoms with Gasteiger partial charge in [0.15, 0.2) is 0 Å². The number of aromatic nitrogens is 2. The van der Waals surface area contributed by atoms with Crippen LogP contribution in [-0.2, 0) is 6.54 Å². The largest absolute Gasteiger partial charge is 0.492 e. The molecule has 16 heavy (non-hydrogen) atoms. The molecule has 0 spiro atoms. The topological polar surface area (TPSA) is 27.1 Å². The highest BCUT2D eigenvalue weighted by Gasteiger charge is 1.97. The minimum Gasteiger partial charge on any atom is -0.492 e. The Morgan fingerprint density at radius 1 is 1.25 bits per heavy atom. The van der Waals surface area contributed by atoms with Crippen LogP contribution >= 0.6 is 31.9 Å². The number of hydrogen-bond donors (Lipinski definition) is 0. The summed E-state index contributed by atoms with van der Waals surface area (Å²) in [4.78, 5) is 0. The molecule has 0 atom stereocenters. The van der Waals surface area contributed by atoms with E-state index in [1.54, 1.807) is 0 Å². The van der Waals surface area contributed by atoms with E-state index in [1.807, 2.05) is 41.2 Å². The maximum Gasteiger partial charge on any atom is 0.128 e. The lowest BCUT2D eigenvalue weighted by atomic mass is 10.3. The quantitative estimate of drug-likeness (QED) is 0.848. The maximum atomic E-state index is 5.59. The van der Waals surface area contributed by atoms with E-state index < -0.39 is 0 Å². The lowest BCUT2D eigenvalue weighted by molar-refractivity contribution is 0.291. The highest BCUT2D eigenvalue weighted by atomic mass is 79.9. The van der Waals surface area contributed by atoms with Crippen molar-refractivity contribution in [3.8, 4) is 5.75 Å². The fourth-order valence-corrected chi connectivity index (χ4v) is 1.98. The minimum absolute atomic E-state index is 0.602. The van der Waals surface area contributed by atoms with E-state index in [1.165, 1.54) is 0 Å². The molecule has 0 fully saturated rings. The fraction of sp³-hybridized carbons (Fsp3) is 0.182. The second-order valence-electron chi connectivity index (χ2n) is 3.21. The SMILES string of the molecule is Brc1cccc(OCCn2ccc(Br)n2)c1. The molecule has 0 aliphatic heterocycles. The molecule has 5 heteroatoms. The summed E-state index contributed by atoms with van der Waals surface area (Å²) in [6.45, 7) is 1.34. The molecule has 1 heterocycles. The summed E-state index contributed by atoms with van der Waals surface area (Å²) < 4.78 is 9.29. The van der Waals surface area contributed by atoms with E-state index in [9.17, 15) is 0 Å². The summed E-state index contributed by atoms with van der Waals surface area (Å²) in [5, 5.41) is 4.20. The lowest BCUT2D eigenvalue weighted by Crippen LogP contribution is -2.08. The molecule has 0 unspecified atom stereocenters. The molecule has 0 N–H and O–H groups in total. The fourth-order valence-electron chi connectivity index (χ4n) is 1.28. The maximum absolute atomic E-state index is 5.59. The Morgan fingerprint density at radius 2 is 2.12 bits per heavy atom. The van der Waals surface area contributed by atoms with Gasteiger partial charge in [-0.1, -0.05) is 22.0 Å². The van der Waals surface area contributed by atoms with Gasteiger partial charge in [0.05, 0.1) is 6.54 Å². The first-order valence-electron chi connectivity index (χ1n) is 4.81. The van der Waals surface area contributed by atoms with Gasteiger partial charge in [0, 0.05) is 10.7 Å². The van der Waals surface area contributed by atoms with Crippen LogP contribution in [0.15, 0.2) is 45.6 Å². The van der Waals surface area contributed by atoms with E-state index >= 15 is 0 Å². The summed E-state index contributed by atoms with van der Waals surface area (Å²) in [5.41, 5.74) is 0. The molecule has 1 aromatic carbocycles. The van der Waals surface area contributed by atoms with Gasteiger partial charge in [-0.25, -0.2) is 0 Å². The summed E-state index contributed by atoms with van der Waals surface area (Å²) in [7, 11) is 0. The van der Waals surface area contributed by atoms with Crippen LogP contribution in [0.25, 0.3) is 0 Å². The van der Waals surface area contributed by atoms with Gasteiger partial charge in [-0.05, 0) is 40.2 Å². The van der Waals surface area contributed by atoms with Crippen LogP contribution in [0.4, 0.5) is 0 Å². The lowest BCUT2D eigenvalue weighted by Gasteiger charge is -2.06. The van der Waals surface area contributed by atoms with Gasteiger partial charge in [0.2, 0.25) is 0 Å². The van der Waals surface area contributed by atoms with Crippen molar-refractivity contribution in [1.82, 2.24) is 9.78 Å². The Morgan fingerprint density at radius 3 is 2.81 bits per heavy atom. The molecular formula is C11H10Br2N2O. The average Bonchev–Trinajstić information content (AvgIpc) is 2.64. The Bertz CT molecular complexity index is 471. The van der Waals surface area contributed by atoms with E-state index in [4.69, 9.17) is 4.74 Å². The van der Waals surface area contributed by atoms with Crippen molar-refractivity contribution in [3.05, 3.63) is 45.6 Å². The second kappa shape index (κ2) is 5.50. The van der Waals surface area contributed by atoms with Gasteiger partial charge in [-0.2, -0.15) is 5.10 Å². The monoisotopic (exact) mass is 344 g/mol. The first-order chi connectivity index (χ1) is 7.74. The minimum atomic E-state index is 0.602. The highest BCUT2D eigenvalue weighted by Crippen LogP contribution is 2.17. The third kappa shape index (κ3) is 3.35. The Balaban J connectivity index is 1.84. The Labute approximate surface area is 111 Å². The Hall–Kier alpha value is -0.810. The zero-order valence-electron chi connectivity index (χ0n) is 8.44. The number of benzene rings is 1. The van der Waals surface area contributed by atoms with Crippen molar-refractivity contribution < 1.29 is 4.74 Å². The van der Waals surface area contributed by atoms with Gasteiger partial charge < -0.3 is 4.74 Å². The number of rotatable bonds is 4. The standard InChI is InChI=1S/C11H10Br2N2O/c12-9-2-1-3-10(8-9)16-7-6-15-5-4-11(13)14-15/h1-5,8H,6-7H2. The van der Waals surface area contributed by atoms with Crippen molar-refractivity contribution in [2.45, 2.75) is 6.54 Å². The molecule has 0 saturated heterocycles. The van der Waals surface area contributed by atoms with Gasteiger partial charge >= 0.3 is 0 Å². The normalized spacial score (nSPS) is 10.4. The van der Waals surface area contributed by atoms with E-state index in [0.717, 1.165) is 21.4 Å². The van der Waals surface area contributed by atoms with Crippen molar-refractivity contribution >= 4 is 31.9 Å². The molecule has 1 aromatic heterocycles. The van der Waals surface area contributed by atoms with Crippen molar-refractivity contribution in [2.24, 2.45) is 0 Å². The van der Waals surface area contributed by atoms with Crippen LogP contribution in [-0.4, -0.2) is 16.4 Å². The summed E-state index contributed by atoms with van der Waals surface area (Å²) >= 11 is 6.70. The van der Waals surface area contributed by atoms with Crippen LogP contribution in [0.2, 0.25) is 0 Å². The molecule has 0 bridgehead atoms. The molecule has 84 valence electrons. The summed E-state index contributed by atoms with van der Waals surface area (Å²) in [6, 6.07) is 9.70. The van der Waals surface area contributed by atoms with Crippen LogP contribution in [0.5, 0.6) is 5.75 Å². The molecule has 0 radical (unpaired) electrons. The van der Waals surface area contributed by atoms with E-state index in [0.29, 0.717) is 6.61 Å². The first kappa shape index (κ1) is 11.7. The smallest absolute Gasteiger partial charge is 0.128 e. The van der Waals surface area contributed by atoms with Crippen LogP contribution in [0.1, 0.15) is 0 Å². The van der Waals surface area contributed by atoms with E-state index in [-0.39, 0.29) is 0 Å². The van der Waals surface area contributed by atoms with Crippen molar-refractivity contribution in [3.63, 3.8) is 0 Å². The van der Waals surface area contributed by atoms with Gasteiger partial charge in [-0.3, -0.25) is 4.68 Å². The number of halogens is 2. The molecular weight excluding hydrogens is 336 g/mol. The zero-order chi connectivity index (χ0) is 11.4. The summed E-state index contributed by atoms with van der Waals surface area (Å²) in [6.07, 6.45) is 1.91. The molecule has 0 aliphatic rings. The van der Waals surface area contributed by atoms with Crippen LogP contribution < -0.4 is 4.74 Å². The summed E-state index contributed by atoms with van der Waals surface area (Å²) in [5.74, 6) is 0.862. The predicted molar refractivity (Wildman–Crippen MR) is 69.6 cm³/mol. The highest BCUT2D eigenvalue weighted by molar-refractivity contribution is 9.10. The third-order valence-corrected chi connectivity index (χ3v) is 2.91. The number of nitrogens with zero attached hydrogens (tertiary/aromatic N) is 2. The van der Waals surface area contributed by atoms with Gasteiger partial charge in [0.1, 0.15) is 17.0 Å². The average molecular weight is 346 g/mol. The molecule has 2 aromatic rings. The predicted octanol–water partition coefficient (Wildman–Crippen LogP) is 3.49. The van der Waals surface area contributed by atoms with Crippen LogP contribution in [0.3, 0.4) is 0 Å².